The molecule has 0 saturated heterocycles. The molecule has 2 N–H and O–H groups in total. The van der Waals surface area contributed by atoms with Crippen LogP contribution in [0.4, 0.5) is 10.8 Å². The molecule has 24 heavy (non-hydrogen) atoms. The Labute approximate surface area is 148 Å². The normalized spacial score (nSPS) is 11.2. The summed E-state index contributed by atoms with van der Waals surface area (Å²) in [5.41, 5.74) is 7.24. The Kier molecular flexibility index (Phi) is 6.97. The molecule has 2 aromatic rings. The lowest BCUT2D eigenvalue weighted by Gasteiger charge is -2.19. The van der Waals surface area contributed by atoms with Crippen LogP contribution in [0.1, 0.15) is 53.4 Å². The summed E-state index contributed by atoms with van der Waals surface area (Å²) in [4.78, 5) is 7.18. The van der Waals surface area contributed by atoms with E-state index in [1.807, 2.05) is 12.1 Å². The van der Waals surface area contributed by atoms with Gasteiger partial charge in [-0.05, 0) is 36.9 Å². The topological polar surface area (TPSA) is 63.3 Å². The Morgan fingerprint density at radius 1 is 1.17 bits per heavy atom. The molecular formula is C18H29N4OS+. The van der Waals surface area contributed by atoms with E-state index in [4.69, 9.17) is 15.3 Å². The van der Waals surface area contributed by atoms with Crippen molar-refractivity contribution in [2.75, 3.05) is 18.0 Å². The minimum absolute atomic E-state index is 0.178. The monoisotopic (exact) mass is 349 g/mol. The zero-order chi connectivity index (χ0) is 17.5. The second-order valence-corrected chi connectivity index (χ2v) is 6.97. The summed E-state index contributed by atoms with van der Waals surface area (Å²) < 4.78 is 7.19. The van der Waals surface area contributed by atoms with Crippen LogP contribution in [-0.2, 0) is 0 Å². The minimum atomic E-state index is 0.178. The van der Waals surface area contributed by atoms with Gasteiger partial charge >= 0.3 is 0 Å². The zero-order valence-electron chi connectivity index (χ0n) is 15.2. The van der Waals surface area contributed by atoms with Crippen molar-refractivity contribution in [2.45, 2.75) is 59.5 Å². The quantitative estimate of drug-likeness (QED) is 0.649. The smallest absolute Gasteiger partial charge is 0.186 e. The van der Waals surface area contributed by atoms with Crippen LogP contribution in [0.3, 0.4) is 0 Å². The molecule has 0 spiro atoms. The van der Waals surface area contributed by atoms with E-state index in [1.165, 1.54) is 0 Å². The number of fused-ring (bicyclic) bond motifs is 1. The number of anilines is 1. The van der Waals surface area contributed by atoms with Crippen LogP contribution < -0.4 is 15.2 Å². The van der Waals surface area contributed by atoms with Crippen molar-refractivity contribution < 1.29 is 10.3 Å². The Morgan fingerprint density at radius 3 is 2.38 bits per heavy atom. The fourth-order valence-electron chi connectivity index (χ4n) is 2.74. The highest BCUT2D eigenvalue weighted by atomic mass is 32.1. The maximum absolute atomic E-state index is 6.08. The van der Waals surface area contributed by atoms with Gasteiger partial charge in [0.25, 0.3) is 0 Å². The molecule has 2 rings (SSSR count). The van der Waals surface area contributed by atoms with Crippen molar-refractivity contribution in [1.82, 2.24) is 4.98 Å². The van der Waals surface area contributed by atoms with Gasteiger partial charge in [-0.15, -0.1) is 0 Å². The molecule has 6 heteroatoms. The number of nitrogens with two attached hydrogens (primary N) is 1. The van der Waals surface area contributed by atoms with E-state index in [2.05, 4.69) is 37.7 Å². The van der Waals surface area contributed by atoms with E-state index in [1.54, 1.807) is 11.3 Å². The molecule has 0 atom stereocenters. The van der Waals surface area contributed by atoms with Crippen molar-refractivity contribution in [3.63, 3.8) is 0 Å². The fourth-order valence-corrected chi connectivity index (χ4v) is 3.77. The molecule has 0 radical (unpaired) electrons. The van der Waals surface area contributed by atoms with Crippen molar-refractivity contribution in [3.05, 3.63) is 12.1 Å². The van der Waals surface area contributed by atoms with E-state index < -0.39 is 0 Å². The van der Waals surface area contributed by atoms with Crippen LogP contribution in [0, 0.1) is 0 Å². The average Bonchev–Trinajstić information content (AvgIpc) is 3.01. The first-order valence-electron chi connectivity index (χ1n) is 8.93. The minimum Gasteiger partial charge on any atom is -0.488 e. The highest BCUT2D eigenvalue weighted by molar-refractivity contribution is 7.22. The van der Waals surface area contributed by atoms with Crippen LogP contribution in [-0.4, -0.2) is 24.2 Å². The summed E-state index contributed by atoms with van der Waals surface area (Å²) in [5.74, 6) is 0.730. The number of benzene rings is 1. The van der Waals surface area contributed by atoms with Gasteiger partial charge in [0, 0.05) is 19.2 Å². The molecule has 0 aliphatic rings. The van der Waals surface area contributed by atoms with Gasteiger partial charge in [-0.3, -0.25) is 0 Å². The predicted molar refractivity (Wildman–Crippen MR) is 101 cm³/mol. The number of nitrogens with zero attached hydrogens (tertiary/aromatic N) is 3. The predicted octanol–water partition coefficient (Wildman–Crippen LogP) is 4.33. The van der Waals surface area contributed by atoms with Gasteiger partial charge in [0.15, 0.2) is 16.6 Å². The SMILES string of the molecule is CCCN(CCC)c1nc2cc(OC(CC)CC)c(N=[NH2+])cc2s1. The van der Waals surface area contributed by atoms with Crippen LogP contribution >= 0.6 is 11.3 Å². The lowest BCUT2D eigenvalue weighted by molar-refractivity contribution is -0.210. The van der Waals surface area contributed by atoms with E-state index in [-0.39, 0.29) is 6.10 Å². The number of aromatic nitrogens is 1. The third kappa shape index (κ3) is 4.23. The molecular weight excluding hydrogens is 320 g/mol. The Morgan fingerprint density at radius 2 is 1.83 bits per heavy atom. The van der Waals surface area contributed by atoms with Gasteiger partial charge in [0.2, 0.25) is 0 Å². The second kappa shape index (κ2) is 8.97. The van der Waals surface area contributed by atoms with Gasteiger partial charge in [-0.2, -0.15) is 5.53 Å². The maximum atomic E-state index is 6.08. The van der Waals surface area contributed by atoms with Crippen LogP contribution in [0.25, 0.3) is 10.2 Å². The highest BCUT2D eigenvalue weighted by Gasteiger charge is 2.17. The molecule has 0 aliphatic carbocycles. The van der Waals surface area contributed by atoms with Crippen molar-refractivity contribution in [3.8, 4) is 5.75 Å². The van der Waals surface area contributed by atoms with Gasteiger partial charge in [0.1, 0.15) is 0 Å². The standard InChI is InChI=1S/C18H28N4OS/c1-5-9-22(10-6-2)18-20-15-11-16(23-13(7-3)8-4)14(21-19)12-17(15)24-18/h11-13,19H,5-10H2,1-4H3/p+1. The second-order valence-electron chi connectivity index (χ2n) is 5.96. The van der Waals surface area contributed by atoms with Crippen molar-refractivity contribution in [2.24, 2.45) is 5.11 Å². The Balaban J connectivity index is 2.39. The lowest BCUT2D eigenvalue weighted by Crippen LogP contribution is -2.24. The van der Waals surface area contributed by atoms with Crippen LogP contribution in [0.5, 0.6) is 5.75 Å². The molecule has 1 aromatic carbocycles. The molecule has 0 bridgehead atoms. The third-order valence-corrected chi connectivity index (χ3v) is 5.14. The fraction of sp³-hybridized carbons (Fsp3) is 0.611. The van der Waals surface area contributed by atoms with E-state index >= 15 is 0 Å². The molecule has 0 saturated carbocycles. The first kappa shape index (κ1) is 18.6. The van der Waals surface area contributed by atoms with E-state index in [9.17, 15) is 0 Å². The Hall–Kier alpha value is -1.69. The number of ether oxygens (including phenoxy) is 1. The van der Waals surface area contributed by atoms with E-state index in [0.717, 1.165) is 59.9 Å². The number of rotatable bonds is 10. The van der Waals surface area contributed by atoms with Gasteiger partial charge < -0.3 is 9.64 Å². The average molecular weight is 350 g/mol. The van der Waals surface area contributed by atoms with Crippen LogP contribution in [0.2, 0.25) is 0 Å². The molecule has 0 unspecified atom stereocenters. The summed E-state index contributed by atoms with van der Waals surface area (Å²) in [6.45, 7) is 10.7. The lowest BCUT2D eigenvalue weighted by atomic mass is 10.2. The van der Waals surface area contributed by atoms with Gasteiger partial charge in [-0.1, -0.05) is 39.0 Å². The maximum Gasteiger partial charge on any atom is 0.186 e. The van der Waals surface area contributed by atoms with Crippen LogP contribution in [0.15, 0.2) is 17.2 Å². The number of hydrogen-bond donors (Lipinski definition) is 1. The molecule has 5 nitrogen and oxygen atoms in total. The third-order valence-electron chi connectivity index (χ3n) is 4.06. The number of thiazole rings is 1. The summed E-state index contributed by atoms with van der Waals surface area (Å²) in [5, 5.41) is 4.98. The van der Waals surface area contributed by atoms with E-state index in [0.29, 0.717) is 5.69 Å². The first-order chi connectivity index (χ1) is 11.7. The van der Waals surface area contributed by atoms with Crippen molar-refractivity contribution in [1.29, 1.82) is 0 Å². The highest BCUT2D eigenvalue weighted by Crippen LogP contribution is 2.38. The van der Waals surface area contributed by atoms with Gasteiger partial charge in [0.05, 0.1) is 16.3 Å². The zero-order valence-corrected chi connectivity index (χ0v) is 16.0. The molecule has 0 fully saturated rings. The first-order valence-corrected chi connectivity index (χ1v) is 9.75. The molecule has 0 aliphatic heterocycles. The molecule has 1 heterocycles. The molecule has 1 aromatic heterocycles. The summed E-state index contributed by atoms with van der Waals surface area (Å²) >= 11 is 1.70. The summed E-state index contributed by atoms with van der Waals surface area (Å²) in [6.07, 6.45) is 4.33. The number of hydrogen-bond acceptors (Lipinski definition) is 5. The molecule has 0 amide bonds. The largest absolute Gasteiger partial charge is 0.488 e. The Bertz CT molecular complexity index is 660. The van der Waals surface area contributed by atoms with Crippen molar-refractivity contribution >= 4 is 32.4 Å². The molecule has 132 valence electrons. The van der Waals surface area contributed by atoms with Gasteiger partial charge in [-0.25, -0.2) is 4.98 Å². The summed E-state index contributed by atoms with van der Waals surface area (Å²) in [6, 6.07) is 3.97. The summed E-state index contributed by atoms with van der Waals surface area (Å²) in [7, 11) is 0.